The lowest BCUT2D eigenvalue weighted by Gasteiger charge is -2.27. The molecule has 3 nitrogen and oxygen atoms in total. The van der Waals surface area contributed by atoms with Crippen molar-refractivity contribution in [3.63, 3.8) is 0 Å². The molecule has 1 aromatic rings. The second-order valence-electron chi connectivity index (χ2n) is 6.29. The molecule has 1 aliphatic heterocycles. The second kappa shape index (κ2) is 5.86. The smallest absolute Gasteiger partial charge is 0.238 e. The summed E-state index contributed by atoms with van der Waals surface area (Å²) in [6.45, 7) is 2.17. The topological polar surface area (TPSA) is 32.3 Å². The van der Waals surface area contributed by atoms with E-state index >= 15 is 0 Å². The number of benzene rings is 1. The molecule has 108 valence electrons. The van der Waals surface area contributed by atoms with Crippen molar-refractivity contribution in [1.29, 1.82) is 0 Å². The molecule has 1 fully saturated rings. The van der Waals surface area contributed by atoms with E-state index in [-0.39, 0.29) is 5.91 Å². The first-order valence-corrected chi connectivity index (χ1v) is 7.90. The number of hydrazine groups is 1. The van der Waals surface area contributed by atoms with Crippen LogP contribution in [0, 0.1) is 5.92 Å². The van der Waals surface area contributed by atoms with Crippen LogP contribution in [0.15, 0.2) is 24.3 Å². The first-order chi connectivity index (χ1) is 9.74. The number of fused-ring (bicyclic) bond motifs is 1. The molecular formula is C17H24N2O. The molecular weight excluding hydrogens is 248 g/mol. The Hall–Kier alpha value is -1.51. The van der Waals surface area contributed by atoms with Crippen LogP contribution < -0.4 is 10.4 Å². The van der Waals surface area contributed by atoms with Crippen LogP contribution in [0.3, 0.4) is 0 Å². The Labute approximate surface area is 121 Å². The van der Waals surface area contributed by atoms with Crippen LogP contribution in [0.5, 0.6) is 0 Å². The Morgan fingerprint density at radius 1 is 1.25 bits per heavy atom. The van der Waals surface area contributed by atoms with Crippen LogP contribution in [-0.4, -0.2) is 11.9 Å². The van der Waals surface area contributed by atoms with Gasteiger partial charge < -0.3 is 0 Å². The maximum atomic E-state index is 12.3. The molecule has 1 heterocycles. The quantitative estimate of drug-likeness (QED) is 0.914. The predicted molar refractivity (Wildman–Crippen MR) is 81.4 cm³/mol. The fourth-order valence-corrected chi connectivity index (χ4v) is 3.57. The molecule has 0 spiro atoms. The van der Waals surface area contributed by atoms with Crippen molar-refractivity contribution in [2.75, 3.05) is 5.01 Å². The van der Waals surface area contributed by atoms with Gasteiger partial charge >= 0.3 is 0 Å². The molecule has 1 unspecified atom stereocenters. The van der Waals surface area contributed by atoms with E-state index in [4.69, 9.17) is 0 Å². The van der Waals surface area contributed by atoms with Gasteiger partial charge in [0, 0.05) is 6.42 Å². The van der Waals surface area contributed by atoms with Gasteiger partial charge in [-0.3, -0.25) is 15.2 Å². The van der Waals surface area contributed by atoms with Gasteiger partial charge in [-0.15, -0.1) is 0 Å². The first-order valence-electron chi connectivity index (χ1n) is 7.90. The number of nitrogens with one attached hydrogen (secondary N) is 1. The van der Waals surface area contributed by atoms with Gasteiger partial charge in [-0.1, -0.05) is 37.5 Å². The van der Waals surface area contributed by atoms with E-state index in [2.05, 4.69) is 35.6 Å². The van der Waals surface area contributed by atoms with Crippen molar-refractivity contribution in [2.45, 2.75) is 57.9 Å². The van der Waals surface area contributed by atoms with Crippen molar-refractivity contribution < 1.29 is 4.79 Å². The molecule has 1 aliphatic carbocycles. The molecule has 2 aliphatic rings. The van der Waals surface area contributed by atoms with Crippen LogP contribution in [0.1, 0.15) is 51.0 Å². The molecule has 1 saturated carbocycles. The molecule has 0 radical (unpaired) electrons. The number of anilines is 1. The van der Waals surface area contributed by atoms with Gasteiger partial charge in [0.15, 0.2) is 0 Å². The normalized spacial score (nSPS) is 22.6. The molecule has 0 bridgehead atoms. The molecule has 0 saturated heterocycles. The number of nitrogens with zero attached hydrogens (tertiary/aromatic N) is 1. The highest BCUT2D eigenvalue weighted by Gasteiger charge is 2.27. The Balaban J connectivity index is 1.61. The average Bonchev–Trinajstić information content (AvgIpc) is 2.76. The summed E-state index contributed by atoms with van der Waals surface area (Å²) in [5, 5.41) is 2.06. The summed E-state index contributed by atoms with van der Waals surface area (Å²) in [6, 6.07) is 8.71. The fraction of sp³-hybridized carbons (Fsp3) is 0.588. The molecule has 3 rings (SSSR count). The van der Waals surface area contributed by atoms with Gasteiger partial charge in [0.1, 0.15) is 0 Å². The zero-order valence-corrected chi connectivity index (χ0v) is 12.3. The third-order valence-corrected chi connectivity index (χ3v) is 4.65. The summed E-state index contributed by atoms with van der Waals surface area (Å²) in [7, 11) is 0. The summed E-state index contributed by atoms with van der Waals surface area (Å²) >= 11 is 0. The van der Waals surface area contributed by atoms with Crippen LogP contribution in [0.4, 0.5) is 5.69 Å². The SMILES string of the molecule is CC1Cc2ccccc2N1NC(=O)CC1CCCCC1. The maximum Gasteiger partial charge on any atom is 0.238 e. The van der Waals surface area contributed by atoms with Gasteiger partial charge in [-0.05, 0) is 43.7 Å². The number of hydrogen-bond donors (Lipinski definition) is 1. The second-order valence-corrected chi connectivity index (χ2v) is 6.29. The minimum absolute atomic E-state index is 0.181. The van der Waals surface area contributed by atoms with Gasteiger partial charge in [-0.25, -0.2) is 0 Å². The lowest BCUT2D eigenvalue weighted by Crippen LogP contribution is -2.46. The highest BCUT2D eigenvalue weighted by Crippen LogP contribution is 2.31. The largest absolute Gasteiger partial charge is 0.282 e. The van der Waals surface area contributed by atoms with Crippen LogP contribution in [0.2, 0.25) is 0 Å². The zero-order valence-electron chi connectivity index (χ0n) is 12.3. The van der Waals surface area contributed by atoms with Crippen molar-refractivity contribution in [2.24, 2.45) is 5.92 Å². The lowest BCUT2D eigenvalue weighted by molar-refractivity contribution is -0.122. The van der Waals surface area contributed by atoms with Gasteiger partial charge in [-0.2, -0.15) is 0 Å². The van der Waals surface area contributed by atoms with Crippen molar-refractivity contribution in [1.82, 2.24) is 5.43 Å². The van der Waals surface area contributed by atoms with Crippen molar-refractivity contribution in [3.8, 4) is 0 Å². The monoisotopic (exact) mass is 272 g/mol. The van der Waals surface area contributed by atoms with E-state index in [1.165, 1.54) is 37.7 Å². The average molecular weight is 272 g/mol. The number of para-hydroxylation sites is 1. The first kappa shape index (κ1) is 13.5. The molecule has 1 atom stereocenters. The van der Waals surface area contributed by atoms with E-state index in [0.29, 0.717) is 18.4 Å². The summed E-state index contributed by atoms with van der Waals surface area (Å²) < 4.78 is 0. The van der Waals surface area contributed by atoms with E-state index < -0.39 is 0 Å². The van der Waals surface area contributed by atoms with Crippen LogP contribution >= 0.6 is 0 Å². The molecule has 3 heteroatoms. The Kier molecular flexibility index (Phi) is 3.95. The Morgan fingerprint density at radius 3 is 2.80 bits per heavy atom. The van der Waals surface area contributed by atoms with Crippen LogP contribution in [-0.2, 0) is 11.2 Å². The molecule has 0 aromatic heterocycles. The Bertz CT molecular complexity index is 480. The summed E-state index contributed by atoms with van der Waals surface area (Å²) in [5.74, 6) is 0.775. The summed E-state index contributed by atoms with van der Waals surface area (Å²) in [4.78, 5) is 12.3. The molecule has 1 aromatic carbocycles. The summed E-state index contributed by atoms with van der Waals surface area (Å²) in [6.07, 6.45) is 8.07. The van der Waals surface area contributed by atoms with Crippen LogP contribution in [0.25, 0.3) is 0 Å². The fourth-order valence-electron chi connectivity index (χ4n) is 3.57. The van der Waals surface area contributed by atoms with E-state index in [1.807, 2.05) is 6.07 Å². The number of hydrogen-bond acceptors (Lipinski definition) is 2. The van der Waals surface area contributed by atoms with E-state index in [9.17, 15) is 4.79 Å². The zero-order chi connectivity index (χ0) is 13.9. The highest BCUT2D eigenvalue weighted by molar-refractivity contribution is 5.79. The highest BCUT2D eigenvalue weighted by atomic mass is 16.2. The number of rotatable bonds is 3. The maximum absolute atomic E-state index is 12.3. The van der Waals surface area contributed by atoms with Gasteiger partial charge in [0.05, 0.1) is 11.7 Å². The van der Waals surface area contributed by atoms with Crippen molar-refractivity contribution in [3.05, 3.63) is 29.8 Å². The molecule has 1 amide bonds. The van der Waals surface area contributed by atoms with Crippen molar-refractivity contribution >= 4 is 11.6 Å². The third kappa shape index (κ3) is 2.82. The van der Waals surface area contributed by atoms with Gasteiger partial charge in [0.25, 0.3) is 0 Å². The summed E-state index contributed by atoms with van der Waals surface area (Å²) in [5.41, 5.74) is 5.62. The molecule has 20 heavy (non-hydrogen) atoms. The van der Waals surface area contributed by atoms with E-state index in [1.54, 1.807) is 0 Å². The lowest BCUT2D eigenvalue weighted by atomic mass is 9.87. The third-order valence-electron chi connectivity index (χ3n) is 4.65. The minimum Gasteiger partial charge on any atom is -0.282 e. The standard InChI is InChI=1S/C17H24N2O/c1-13-11-15-9-5-6-10-16(15)19(13)18-17(20)12-14-7-3-2-4-8-14/h5-6,9-10,13-14H,2-4,7-8,11-12H2,1H3,(H,18,20). The number of carbonyl (C=O) groups excluding carboxylic acids is 1. The predicted octanol–water partition coefficient (Wildman–Crippen LogP) is 3.44. The Morgan fingerprint density at radius 2 is 2.00 bits per heavy atom. The minimum atomic E-state index is 0.181. The van der Waals surface area contributed by atoms with Gasteiger partial charge in [0.2, 0.25) is 5.91 Å². The number of carbonyl (C=O) groups is 1. The van der Waals surface area contributed by atoms with E-state index in [0.717, 1.165) is 12.1 Å². The number of amides is 1. The molecule has 1 N–H and O–H groups in total.